The van der Waals surface area contributed by atoms with Gasteiger partial charge in [0.25, 0.3) is 5.91 Å². The van der Waals surface area contributed by atoms with Crippen LogP contribution in [0.4, 0.5) is 8.78 Å². The number of pyridine rings is 1. The summed E-state index contributed by atoms with van der Waals surface area (Å²) in [5.74, 6) is -1.60. The molecule has 0 bridgehead atoms. The number of nitrogens with one attached hydrogen (secondary N) is 1. The summed E-state index contributed by atoms with van der Waals surface area (Å²) in [6.45, 7) is -0.0753. The summed E-state index contributed by atoms with van der Waals surface area (Å²) < 4.78 is 37.5. The van der Waals surface area contributed by atoms with E-state index in [2.05, 4.69) is 15.0 Å². The van der Waals surface area contributed by atoms with Gasteiger partial charge in [-0.25, -0.2) is 13.8 Å². The standard InChI is InChI=1S/C22H18F2N2O4/c1-29-20(27)12-14-4-5-15(19(24)11-14)13-26-21(28)18-3-2-10-25-22(18)30-17-8-6-16(23)7-9-17/h2-11H,12-13H2,1H3,(H,26,28). The third-order valence-electron chi connectivity index (χ3n) is 4.18. The first-order chi connectivity index (χ1) is 14.5. The number of nitrogens with zero attached hydrogens (tertiary/aromatic N) is 1. The largest absolute Gasteiger partial charge is 0.469 e. The second-order valence-corrected chi connectivity index (χ2v) is 6.27. The number of methoxy groups -OCH3 is 1. The van der Waals surface area contributed by atoms with Crippen molar-refractivity contribution < 1.29 is 27.8 Å². The molecule has 1 aromatic heterocycles. The van der Waals surface area contributed by atoms with E-state index in [-0.39, 0.29) is 30.0 Å². The zero-order valence-corrected chi connectivity index (χ0v) is 16.0. The van der Waals surface area contributed by atoms with Crippen molar-refractivity contribution in [2.75, 3.05) is 7.11 Å². The summed E-state index contributed by atoms with van der Waals surface area (Å²) in [7, 11) is 1.26. The first-order valence-electron chi connectivity index (χ1n) is 8.97. The topological polar surface area (TPSA) is 77.5 Å². The van der Waals surface area contributed by atoms with Crippen molar-refractivity contribution in [3.63, 3.8) is 0 Å². The molecular weight excluding hydrogens is 394 g/mol. The quantitative estimate of drug-likeness (QED) is 0.598. The molecule has 8 heteroatoms. The molecule has 1 N–H and O–H groups in total. The second kappa shape index (κ2) is 9.60. The normalized spacial score (nSPS) is 10.4. The Morgan fingerprint density at radius 3 is 2.53 bits per heavy atom. The molecule has 2 aromatic carbocycles. The van der Waals surface area contributed by atoms with Crippen LogP contribution >= 0.6 is 0 Å². The van der Waals surface area contributed by atoms with Crippen molar-refractivity contribution in [1.82, 2.24) is 10.3 Å². The summed E-state index contributed by atoms with van der Waals surface area (Å²) >= 11 is 0. The summed E-state index contributed by atoms with van der Waals surface area (Å²) in [6.07, 6.45) is 1.41. The molecule has 0 unspecified atom stereocenters. The van der Waals surface area contributed by atoms with Crippen LogP contribution in [0.5, 0.6) is 11.6 Å². The van der Waals surface area contributed by atoms with Gasteiger partial charge in [-0.05, 0) is 48.0 Å². The van der Waals surface area contributed by atoms with Gasteiger partial charge in [-0.2, -0.15) is 0 Å². The summed E-state index contributed by atoms with van der Waals surface area (Å²) in [5, 5.41) is 2.61. The number of esters is 1. The minimum Gasteiger partial charge on any atom is -0.469 e. The predicted octanol–water partition coefficient (Wildman–Crippen LogP) is 3.80. The van der Waals surface area contributed by atoms with Gasteiger partial charge in [0.2, 0.25) is 5.88 Å². The van der Waals surface area contributed by atoms with Gasteiger partial charge in [-0.3, -0.25) is 9.59 Å². The number of amides is 1. The highest BCUT2D eigenvalue weighted by molar-refractivity contribution is 5.96. The van der Waals surface area contributed by atoms with Crippen molar-refractivity contribution in [2.45, 2.75) is 13.0 Å². The third-order valence-corrected chi connectivity index (χ3v) is 4.18. The molecule has 0 atom stereocenters. The number of halogens is 2. The van der Waals surface area contributed by atoms with Gasteiger partial charge in [0.1, 0.15) is 22.9 Å². The molecule has 0 saturated carbocycles. The second-order valence-electron chi connectivity index (χ2n) is 6.27. The molecule has 30 heavy (non-hydrogen) atoms. The van der Waals surface area contributed by atoms with Gasteiger partial charge >= 0.3 is 5.97 Å². The van der Waals surface area contributed by atoms with E-state index in [1.54, 1.807) is 12.1 Å². The minimum absolute atomic E-state index is 0.0375. The average Bonchev–Trinajstić information content (AvgIpc) is 2.75. The molecule has 0 aliphatic carbocycles. The Labute approximate surface area is 171 Å². The molecule has 1 heterocycles. The Kier molecular flexibility index (Phi) is 6.69. The van der Waals surface area contributed by atoms with Crippen LogP contribution in [0.15, 0.2) is 60.8 Å². The smallest absolute Gasteiger partial charge is 0.309 e. The lowest BCUT2D eigenvalue weighted by Crippen LogP contribution is -2.24. The van der Waals surface area contributed by atoms with Crippen LogP contribution in [0, 0.1) is 11.6 Å². The molecule has 0 radical (unpaired) electrons. The van der Waals surface area contributed by atoms with Crippen LogP contribution in [0.3, 0.4) is 0 Å². The highest BCUT2D eigenvalue weighted by Gasteiger charge is 2.15. The molecule has 0 fully saturated rings. The Hall–Kier alpha value is -3.81. The van der Waals surface area contributed by atoms with Crippen LogP contribution in [0.2, 0.25) is 0 Å². The van der Waals surface area contributed by atoms with E-state index in [0.29, 0.717) is 11.3 Å². The first kappa shape index (κ1) is 20.9. The molecular formula is C22H18F2N2O4. The monoisotopic (exact) mass is 412 g/mol. The number of aromatic nitrogens is 1. The molecule has 0 aliphatic heterocycles. The Balaban J connectivity index is 1.68. The van der Waals surface area contributed by atoms with Crippen molar-refractivity contribution in [2.24, 2.45) is 0 Å². The molecule has 3 aromatic rings. The van der Waals surface area contributed by atoms with E-state index in [0.717, 1.165) is 0 Å². The van der Waals surface area contributed by atoms with Crippen LogP contribution in [0.1, 0.15) is 21.5 Å². The third kappa shape index (κ3) is 5.38. The van der Waals surface area contributed by atoms with E-state index in [4.69, 9.17) is 4.74 Å². The maximum atomic E-state index is 14.3. The highest BCUT2D eigenvalue weighted by Crippen LogP contribution is 2.23. The molecule has 0 spiro atoms. The first-order valence-corrected chi connectivity index (χ1v) is 8.97. The fourth-order valence-electron chi connectivity index (χ4n) is 2.61. The van der Waals surface area contributed by atoms with Crippen LogP contribution in [-0.4, -0.2) is 24.0 Å². The number of hydrogen-bond acceptors (Lipinski definition) is 5. The van der Waals surface area contributed by atoms with Crippen molar-refractivity contribution in [1.29, 1.82) is 0 Å². The zero-order chi connectivity index (χ0) is 21.5. The number of benzene rings is 2. The highest BCUT2D eigenvalue weighted by atomic mass is 19.1. The molecule has 0 aliphatic rings. The lowest BCUT2D eigenvalue weighted by atomic mass is 10.1. The summed E-state index contributed by atoms with van der Waals surface area (Å²) in [4.78, 5) is 27.9. The van der Waals surface area contributed by atoms with Gasteiger partial charge in [0, 0.05) is 18.3 Å². The van der Waals surface area contributed by atoms with Gasteiger partial charge in [-0.15, -0.1) is 0 Å². The lowest BCUT2D eigenvalue weighted by Gasteiger charge is -2.11. The average molecular weight is 412 g/mol. The number of ether oxygens (including phenoxy) is 2. The van der Waals surface area contributed by atoms with Crippen LogP contribution in [-0.2, 0) is 22.5 Å². The summed E-state index contributed by atoms with van der Waals surface area (Å²) in [6, 6.07) is 12.7. The molecule has 1 amide bonds. The number of rotatable bonds is 7. The van der Waals surface area contributed by atoms with Crippen molar-refractivity contribution in [3.05, 3.63) is 89.1 Å². The maximum absolute atomic E-state index is 14.3. The van der Waals surface area contributed by atoms with Gasteiger partial charge in [0.15, 0.2) is 0 Å². The van der Waals surface area contributed by atoms with Gasteiger partial charge in [-0.1, -0.05) is 12.1 Å². The maximum Gasteiger partial charge on any atom is 0.309 e. The Morgan fingerprint density at radius 1 is 1.07 bits per heavy atom. The molecule has 6 nitrogen and oxygen atoms in total. The van der Waals surface area contributed by atoms with Crippen molar-refractivity contribution >= 4 is 11.9 Å². The Morgan fingerprint density at radius 2 is 1.83 bits per heavy atom. The Bertz CT molecular complexity index is 1060. The van der Waals surface area contributed by atoms with Gasteiger partial charge < -0.3 is 14.8 Å². The number of carbonyl (C=O) groups excluding carboxylic acids is 2. The minimum atomic E-state index is -0.550. The number of hydrogen-bond donors (Lipinski definition) is 1. The van der Waals surface area contributed by atoms with E-state index in [1.807, 2.05) is 0 Å². The van der Waals surface area contributed by atoms with E-state index in [1.165, 1.54) is 55.8 Å². The van der Waals surface area contributed by atoms with E-state index < -0.39 is 23.5 Å². The zero-order valence-electron chi connectivity index (χ0n) is 16.0. The molecule has 0 saturated heterocycles. The predicted molar refractivity (Wildman–Crippen MR) is 104 cm³/mol. The van der Waals surface area contributed by atoms with E-state index in [9.17, 15) is 18.4 Å². The van der Waals surface area contributed by atoms with E-state index >= 15 is 0 Å². The van der Waals surface area contributed by atoms with Crippen molar-refractivity contribution in [3.8, 4) is 11.6 Å². The number of carbonyl (C=O) groups is 2. The van der Waals surface area contributed by atoms with Crippen LogP contribution < -0.4 is 10.1 Å². The molecule has 154 valence electrons. The molecule has 3 rings (SSSR count). The summed E-state index contributed by atoms with van der Waals surface area (Å²) in [5.41, 5.74) is 0.864. The SMILES string of the molecule is COC(=O)Cc1ccc(CNC(=O)c2cccnc2Oc2ccc(F)cc2)c(F)c1. The fraction of sp³-hybridized carbons (Fsp3) is 0.136. The van der Waals surface area contributed by atoms with Gasteiger partial charge in [0.05, 0.1) is 13.5 Å². The lowest BCUT2D eigenvalue weighted by molar-refractivity contribution is -0.139. The van der Waals surface area contributed by atoms with Crippen LogP contribution in [0.25, 0.3) is 0 Å². The fourth-order valence-corrected chi connectivity index (χ4v) is 2.61.